The lowest BCUT2D eigenvalue weighted by atomic mass is 10.1. The van der Waals surface area contributed by atoms with Gasteiger partial charge >= 0.3 is 0 Å². The molecule has 0 atom stereocenters. The topological polar surface area (TPSA) is 45.6 Å². The molecule has 1 aromatic carbocycles. The summed E-state index contributed by atoms with van der Waals surface area (Å²) in [5, 5.41) is 0. The van der Waals surface area contributed by atoms with Gasteiger partial charge in [0.2, 0.25) is 5.91 Å². The molecule has 1 aromatic heterocycles. The largest absolute Gasteiger partial charge is 0.341 e. The van der Waals surface area contributed by atoms with E-state index in [2.05, 4.69) is 0 Å². The molecule has 142 valence electrons. The van der Waals surface area contributed by atoms with Crippen LogP contribution in [-0.2, 0) is 4.79 Å². The van der Waals surface area contributed by atoms with Crippen LogP contribution in [0.2, 0.25) is 0 Å². The fraction of sp³-hybridized carbons (Fsp3) is 0.455. The zero-order valence-electron chi connectivity index (χ0n) is 15.7. The van der Waals surface area contributed by atoms with Gasteiger partial charge in [0.1, 0.15) is 0 Å². The Morgan fingerprint density at radius 2 is 1.41 bits per heavy atom. The van der Waals surface area contributed by atoms with Gasteiger partial charge in [0, 0.05) is 55.7 Å². The molecule has 5 heteroatoms. The molecule has 0 bridgehead atoms. The Morgan fingerprint density at radius 1 is 0.778 bits per heavy atom. The molecule has 0 spiro atoms. The lowest BCUT2D eigenvalue weighted by molar-refractivity contribution is -0.135. The van der Waals surface area contributed by atoms with Crippen molar-refractivity contribution in [2.45, 2.75) is 32.1 Å². The Balaban J connectivity index is 1.38. The van der Waals surface area contributed by atoms with Crippen LogP contribution in [0.5, 0.6) is 0 Å². The quantitative estimate of drug-likeness (QED) is 0.837. The summed E-state index contributed by atoms with van der Waals surface area (Å²) in [6.45, 7) is 2.76. The van der Waals surface area contributed by atoms with Crippen molar-refractivity contribution in [3.05, 3.63) is 54.4 Å². The average molecular weight is 365 g/mol. The first kappa shape index (κ1) is 17.8. The number of rotatable bonds is 3. The van der Waals surface area contributed by atoms with Crippen LogP contribution >= 0.6 is 0 Å². The van der Waals surface area contributed by atoms with Crippen LogP contribution in [-0.4, -0.2) is 52.4 Å². The second-order valence-electron chi connectivity index (χ2n) is 7.59. The maximum Gasteiger partial charge on any atom is 0.253 e. The molecule has 27 heavy (non-hydrogen) atoms. The van der Waals surface area contributed by atoms with E-state index in [4.69, 9.17) is 0 Å². The highest BCUT2D eigenvalue weighted by Crippen LogP contribution is 2.27. The molecule has 2 heterocycles. The molecule has 1 aliphatic carbocycles. The van der Waals surface area contributed by atoms with Crippen LogP contribution in [0.4, 0.5) is 0 Å². The Kier molecular flexibility index (Phi) is 5.28. The molecule has 1 aliphatic heterocycles. The van der Waals surface area contributed by atoms with Gasteiger partial charge in [-0.1, -0.05) is 12.8 Å². The van der Waals surface area contributed by atoms with Gasteiger partial charge in [0.25, 0.3) is 5.91 Å². The number of benzene rings is 1. The van der Waals surface area contributed by atoms with Crippen molar-refractivity contribution in [2.24, 2.45) is 5.92 Å². The normalized spacial score (nSPS) is 18.5. The molecule has 2 aromatic rings. The first-order chi connectivity index (χ1) is 13.2. The van der Waals surface area contributed by atoms with E-state index in [1.807, 2.05) is 63.2 Å². The van der Waals surface area contributed by atoms with Crippen molar-refractivity contribution < 1.29 is 9.59 Å². The monoisotopic (exact) mass is 365 g/mol. The highest BCUT2D eigenvalue weighted by molar-refractivity contribution is 5.94. The molecule has 1 saturated carbocycles. The van der Waals surface area contributed by atoms with E-state index in [1.54, 1.807) is 0 Å². The summed E-state index contributed by atoms with van der Waals surface area (Å²) < 4.78 is 2.02. The maximum absolute atomic E-state index is 12.9. The zero-order chi connectivity index (χ0) is 18.6. The van der Waals surface area contributed by atoms with Gasteiger partial charge in [-0.2, -0.15) is 0 Å². The number of carbonyl (C=O) groups is 2. The summed E-state index contributed by atoms with van der Waals surface area (Å²) in [5.74, 6) is 0.579. The number of aromatic nitrogens is 1. The maximum atomic E-state index is 12.9. The van der Waals surface area contributed by atoms with Crippen molar-refractivity contribution in [3.63, 3.8) is 0 Å². The van der Waals surface area contributed by atoms with Crippen molar-refractivity contribution >= 4 is 11.8 Å². The third-order valence-electron chi connectivity index (χ3n) is 5.82. The Morgan fingerprint density at radius 3 is 2.11 bits per heavy atom. The van der Waals surface area contributed by atoms with Crippen molar-refractivity contribution in [2.75, 3.05) is 26.2 Å². The number of nitrogens with zero attached hydrogens (tertiary/aromatic N) is 3. The van der Waals surface area contributed by atoms with Gasteiger partial charge in [0.05, 0.1) is 0 Å². The lowest BCUT2D eigenvalue weighted by Gasteiger charge is -2.24. The fourth-order valence-corrected chi connectivity index (χ4v) is 4.24. The molecule has 2 fully saturated rings. The van der Waals surface area contributed by atoms with Gasteiger partial charge in [-0.3, -0.25) is 9.59 Å². The highest BCUT2D eigenvalue weighted by Gasteiger charge is 2.29. The van der Waals surface area contributed by atoms with E-state index >= 15 is 0 Å². The Hall–Kier alpha value is -2.56. The second kappa shape index (κ2) is 7.99. The standard InChI is InChI=1S/C22H27N3O2/c26-21(18-6-1-2-7-18)24-14-5-15-25(17-16-24)22(27)19-8-10-20(11-9-19)23-12-3-4-13-23/h3-4,8-13,18H,1-2,5-7,14-17H2. The van der Waals surface area contributed by atoms with Crippen LogP contribution in [0.3, 0.4) is 0 Å². The molecular formula is C22H27N3O2. The van der Waals surface area contributed by atoms with E-state index < -0.39 is 0 Å². The van der Waals surface area contributed by atoms with Crippen LogP contribution in [0.15, 0.2) is 48.8 Å². The third-order valence-corrected chi connectivity index (χ3v) is 5.82. The smallest absolute Gasteiger partial charge is 0.253 e. The SMILES string of the molecule is O=C(c1ccc(-n2cccc2)cc1)N1CCCN(C(=O)C2CCCC2)CC1. The minimum atomic E-state index is 0.0595. The lowest BCUT2D eigenvalue weighted by Crippen LogP contribution is -2.39. The predicted molar refractivity (Wildman–Crippen MR) is 105 cm³/mol. The fourth-order valence-electron chi connectivity index (χ4n) is 4.24. The average Bonchev–Trinajstić information content (AvgIpc) is 3.38. The molecule has 5 nitrogen and oxygen atoms in total. The molecule has 2 aliphatic rings. The molecule has 1 saturated heterocycles. The third kappa shape index (κ3) is 3.92. The van der Waals surface area contributed by atoms with E-state index in [1.165, 1.54) is 12.8 Å². The van der Waals surface area contributed by atoms with E-state index in [0.29, 0.717) is 31.1 Å². The molecule has 0 unspecified atom stereocenters. The predicted octanol–water partition coefficient (Wildman–Crippen LogP) is 3.34. The number of carbonyl (C=O) groups excluding carboxylic acids is 2. The first-order valence-electron chi connectivity index (χ1n) is 10.0. The van der Waals surface area contributed by atoms with Crippen LogP contribution in [0, 0.1) is 5.92 Å². The summed E-state index contributed by atoms with van der Waals surface area (Å²) in [6.07, 6.45) is 9.24. The molecule has 0 radical (unpaired) electrons. The second-order valence-corrected chi connectivity index (χ2v) is 7.59. The summed E-state index contributed by atoms with van der Waals surface area (Å²) >= 11 is 0. The van der Waals surface area contributed by atoms with Gasteiger partial charge in [0.15, 0.2) is 0 Å². The van der Waals surface area contributed by atoms with Crippen LogP contribution in [0.1, 0.15) is 42.5 Å². The minimum Gasteiger partial charge on any atom is -0.341 e. The summed E-state index contributed by atoms with van der Waals surface area (Å²) in [7, 11) is 0. The van der Waals surface area contributed by atoms with Crippen LogP contribution in [0.25, 0.3) is 5.69 Å². The zero-order valence-corrected chi connectivity index (χ0v) is 15.7. The molecular weight excluding hydrogens is 338 g/mol. The number of hydrogen-bond donors (Lipinski definition) is 0. The van der Waals surface area contributed by atoms with Gasteiger partial charge < -0.3 is 14.4 Å². The Bertz CT molecular complexity index is 776. The first-order valence-corrected chi connectivity index (χ1v) is 10.0. The van der Waals surface area contributed by atoms with Crippen molar-refractivity contribution in [3.8, 4) is 5.69 Å². The van der Waals surface area contributed by atoms with Crippen molar-refractivity contribution in [1.29, 1.82) is 0 Å². The van der Waals surface area contributed by atoms with Gasteiger partial charge in [-0.15, -0.1) is 0 Å². The highest BCUT2D eigenvalue weighted by atomic mass is 16.2. The minimum absolute atomic E-state index is 0.0595. The molecule has 0 N–H and O–H groups in total. The van der Waals surface area contributed by atoms with E-state index in [9.17, 15) is 9.59 Å². The Labute approximate surface area is 160 Å². The summed E-state index contributed by atoms with van der Waals surface area (Å²) in [4.78, 5) is 29.4. The number of amides is 2. The number of hydrogen-bond acceptors (Lipinski definition) is 2. The van der Waals surface area contributed by atoms with Crippen LogP contribution < -0.4 is 0 Å². The summed E-state index contributed by atoms with van der Waals surface area (Å²) in [6, 6.07) is 11.7. The van der Waals surface area contributed by atoms with Crippen molar-refractivity contribution in [1.82, 2.24) is 14.4 Å². The van der Waals surface area contributed by atoms with E-state index in [-0.39, 0.29) is 11.8 Å². The van der Waals surface area contributed by atoms with Gasteiger partial charge in [-0.05, 0) is 55.7 Å². The molecule has 4 rings (SSSR count). The van der Waals surface area contributed by atoms with Gasteiger partial charge in [-0.25, -0.2) is 0 Å². The summed E-state index contributed by atoms with van der Waals surface area (Å²) in [5.41, 5.74) is 1.75. The van der Waals surface area contributed by atoms with E-state index in [0.717, 1.165) is 31.5 Å². The molecule has 2 amide bonds.